The van der Waals surface area contributed by atoms with E-state index in [1.165, 1.54) is 12.8 Å². The maximum absolute atomic E-state index is 5.88. The van der Waals surface area contributed by atoms with E-state index >= 15 is 0 Å². The molecule has 0 aromatic heterocycles. The minimum Gasteiger partial charge on any atom is -0.379 e. The van der Waals surface area contributed by atoms with E-state index in [1.54, 1.807) is 7.11 Å². The molecule has 1 saturated carbocycles. The molecule has 2 atom stereocenters. The van der Waals surface area contributed by atoms with Crippen molar-refractivity contribution in [2.45, 2.75) is 37.3 Å². The van der Waals surface area contributed by atoms with Crippen molar-refractivity contribution < 1.29 is 4.74 Å². The van der Waals surface area contributed by atoms with Gasteiger partial charge >= 0.3 is 0 Å². The third-order valence-corrected chi connectivity index (χ3v) is 3.05. The number of methoxy groups -OCH3 is 1. The SMILES string of the molecule is COC1CCCCC1(CN)NN(C)C. The van der Waals surface area contributed by atoms with Crippen LogP contribution in [0.2, 0.25) is 0 Å². The van der Waals surface area contributed by atoms with Gasteiger partial charge in [-0.2, -0.15) is 0 Å². The Morgan fingerprint density at radius 1 is 1.50 bits per heavy atom. The summed E-state index contributed by atoms with van der Waals surface area (Å²) in [6.45, 7) is 0.629. The van der Waals surface area contributed by atoms with Crippen molar-refractivity contribution in [1.29, 1.82) is 0 Å². The second-order valence-electron chi connectivity index (χ2n) is 4.34. The molecule has 14 heavy (non-hydrogen) atoms. The molecule has 0 aromatic rings. The van der Waals surface area contributed by atoms with E-state index in [-0.39, 0.29) is 11.6 Å². The van der Waals surface area contributed by atoms with E-state index in [1.807, 2.05) is 19.1 Å². The molecule has 1 fully saturated rings. The first-order chi connectivity index (χ1) is 6.64. The lowest BCUT2D eigenvalue weighted by Gasteiger charge is -2.44. The van der Waals surface area contributed by atoms with Crippen molar-refractivity contribution in [3.63, 3.8) is 0 Å². The monoisotopic (exact) mass is 201 g/mol. The third kappa shape index (κ3) is 2.45. The average molecular weight is 201 g/mol. The Morgan fingerprint density at radius 3 is 2.71 bits per heavy atom. The quantitative estimate of drug-likeness (QED) is 0.644. The van der Waals surface area contributed by atoms with Crippen LogP contribution in [0.3, 0.4) is 0 Å². The summed E-state index contributed by atoms with van der Waals surface area (Å²) in [7, 11) is 5.77. The molecule has 4 nitrogen and oxygen atoms in total. The van der Waals surface area contributed by atoms with E-state index < -0.39 is 0 Å². The van der Waals surface area contributed by atoms with Gasteiger partial charge in [-0.1, -0.05) is 12.8 Å². The van der Waals surface area contributed by atoms with Gasteiger partial charge in [0.15, 0.2) is 0 Å². The van der Waals surface area contributed by atoms with Gasteiger partial charge in [0.2, 0.25) is 0 Å². The van der Waals surface area contributed by atoms with E-state index in [4.69, 9.17) is 10.5 Å². The Kier molecular flexibility index (Phi) is 4.31. The van der Waals surface area contributed by atoms with Crippen LogP contribution < -0.4 is 11.2 Å². The van der Waals surface area contributed by atoms with Gasteiger partial charge in [-0.25, -0.2) is 10.4 Å². The number of hydrazine groups is 1. The Labute approximate surface area is 86.8 Å². The van der Waals surface area contributed by atoms with Crippen molar-refractivity contribution in [3.8, 4) is 0 Å². The summed E-state index contributed by atoms with van der Waals surface area (Å²) in [5.74, 6) is 0. The molecule has 0 bridgehead atoms. The normalized spacial score (nSPS) is 33.6. The highest BCUT2D eigenvalue weighted by Crippen LogP contribution is 2.29. The molecule has 1 aliphatic rings. The lowest BCUT2D eigenvalue weighted by molar-refractivity contribution is -0.0364. The Bertz CT molecular complexity index is 175. The maximum Gasteiger partial charge on any atom is 0.0778 e. The average Bonchev–Trinajstić information content (AvgIpc) is 2.17. The topological polar surface area (TPSA) is 50.5 Å². The number of ether oxygens (including phenoxy) is 1. The molecule has 4 heteroatoms. The predicted octanol–water partition coefficient (Wildman–Crippen LogP) is 0.339. The van der Waals surface area contributed by atoms with Crippen LogP contribution in [0.4, 0.5) is 0 Å². The van der Waals surface area contributed by atoms with Crippen LogP contribution in [0.5, 0.6) is 0 Å². The molecule has 1 aliphatic carbocycles. The molecule has 0 heterocycles. The largest absolute Gasteiger partial charge is 0.379 e. The van der Waals surface area contributed by atoms with Crippen LogP contribution in [0.25, 0.3) is 0 Å². The van der Waals surface area contributed by atoms with Crippen LogP contribution in [0, 0.1) is 0 Å². The predicted molar refractivity (Wildman–Crippen MR) is 57.9 cm³/mol. The molecule has 0 aromatic carbocycles. The molecule has 2 unspecified atom stereocenters. The molecular formula is C10H23N3O. The number of hydrogen-bond acceptors (Lipinski definition) is 4. The number of nitrogens with two attached hydrogens (primary N) is 1. The summed E-state index contributed by atoms with van der Waals surface area (Å²) in [5.41, 5.74) is 9.25. The third-order valence-electron chi connectivity index (χ3n) is 3.05. The van der Waals surface area contributed by atoms with Gasteiger partial charge in [0.1, 0.15) is 0 Å². The molecule has 3 N–H and O–H groups in total. The summed E-state index contributed by atoms with van der Waals surface area (Å²) in [6.07, 6.45) is 4.92. The second-order valence-corrected chi connectivity index (χ2v) is 4.34. The lowest BCUT2D eigenvalue weighted by Crippen LogP contribution is -2.64. The standard InChI is InChI=1S/C10H23N3O/c1-13(2)12-10(8-11)7-5-4-6-9(10)14-3/h9,12H,4-8,11H2,1-3H3. The van der Waals surface area contributed by atoms with Crippen LogP contribution in [0.15, 0.2) is 0 Å². The maximum atomic E-state index is 5.88. The van der Waals surface area contributed by atoms with Crippen LogP contribution >= 0.6 is 0 Å². The minimum absolute atomic E-state index is 0.0590. The van der Waals surface area contributed by atoms with Gasteiger partial charge in [-0.3, -0.25) is 0 Å². The molecule has 0 amide bonds. The zero-order valence-electron chi connectivity index (χ0n) is 9.55. The van der Waals surface area contributed by atoms with E-state index in [0.717, 1.165) is 12.8 Å². The number of nitrogens with zero attached hydrogens (tertiary/aromatic N) is 1. The Balaban J connectivity index is 2.70. The van der Waals surface area contributed by atoms with E-state index in [2.05, 4.69) is 5.43 Å². The smallest absolute Gasteiger partial charge is 0.0778 e. The van der Waals surface area contributed by atoms with Crippen LogP contribution in [-0.2, 0) is 4.74 Å². The van der Waals surface area contributed by atoms with Crippen LogP contribution in [-0.4, -0.2) is 44.4 Å². The van der Waals surface area contributed by atoms with Crippen molar-refractivity contribution in [2.24, 2.45) is 5.73 Å². The van der Waals surface area contributed by atoms with Crippen molar-refractivity contribution in [3.05, 3.63) is 0 Å². The zero-order valence-corrected chi connectivity index (χ0v) is 9.55. The molecule has 0 radical (unpaired) electrons. The lowest BCUT2D eigenvalue weighted by atomic mass is 9.79. The summed E-state index contributed by atoms with van der Waals surface area (Å²) < 4.78 is 5.53. The molecule has 84 valence electrons. The first kappa shape index (κ1) is 11.9. The first-order valence-corrected chi connectivity index (χ1v) is 5.32. The second kappa shape index (κ2) is 5.07. The van der Waals surface area contributed by atoms with Crippen molar-refractivity contribution in [1.82, 2.24) is 10.4 Å². The number of hydrogen-bond donors (Lipinski definition) is 2. The van der Waals surface area contributed by atoms with Gasteiger partial charge in [0.05, 0.1) is 11.6 Å². The fourth-order valence-corrected chi connectivity index (χ4v) is 2.40. The van der Waals surface area contributed by atoms with Gasteiger partial charge in [-0.05, 0) is 12.8 Å². The molecule has 0 saturated heterocycles. The summed E-state index contributed by atoms with van der Waals surface area (Å²) >= 11 is 0. The molecule has 1 rings (SSSR count). The fraction of sp³-hybridized carbons (Fsp3) is 1.00. The van der Waals surface area contributed by atoms with Crippen LogP contribution in [0.1, 0.15) is 25.7 Å². The van der Waals surface area contributed by atoms with Crippen molar-refractivity contribution in [2.75, 3.05) is 27.7 Å². The number of nitrogens with one attached hydrogen (secondary N) is 1. The highest BCUT2D eigenvalue weighted by atomic mass is 16.5. The summed E-state index contributed by atoms with van der Waals surface area (Å²) in [6, 6.07) is 0. The number of rotatable bonds is 4. The fourth-order valence-electron chi connectivity index (χ4n) is 2.40. The van der Waals surface area contributed by atoms with Gasteiger partial charge in [0.25, 0.3) is 0 Å². The first-order valence-electron chi connectivity index (χ1n) is 5.32. The Hall–Kier alpha value is -0.160. The van der Waals surface area contributed by atoms with Gasteiger partial charge < -0.3 is 10.5 Å². The molecule has 0 spiro atoms. The Morgan fingerprint density at radius 2 is 2.21 bits per heavy atom. The molecular weight excluding hydrogens is 178 g/mol. The summed E-state index contributed by atoms with van der Waals surface area (Å²) in [5, 5.41) is 1.98. The van der Waals surface area contributed by atoms with Gasteiger partial charge in [0, 0.05) is 27.7 Å². The van der Waals surface area contributed by atoms with Gasteiger partial charge in [-0.15, -0.1) is 0 Å². The highest BCUT2D eigenvalue weighted by molar-refractivity contribution is 4.98. The zero-order chi connectivity index (χ0) is 10.6. The van der Waals surface area contributed by atoms with E-state index in [0.29, 0.717) is 6.54 Å². The summed E-state index contributed by atoms with van der Waals surface area (Å²) in [4.78, 5) is 0. The molecule has 0 aliphatic heterocycles. The highest BCUT2D eigenvalue weighted by Gasteiger charge is 2.40. The van der Waals surface area contributed by atoms with E-state index in [9.17, 15) is 0 Å². The van der Waals surface area contributed by atoms with Crippen molar-refractivity contribution >= 4 is 0 Å². The minimum atomic E-state index is -0.0590.